The van der Waals surface area contributed by atoms with Gasteiger partial charge >= 0.3 is 6.18 Å². The summed E-state index contributed by atoms with van der Waals surface area (Å²) in [6.45, 7) is 0. The fourth-order valence-corrected chi connectivity index (χ4v) is 1.72. The Morgan fingerprint density at radius 3 is 2.05 bits per heavy atom. The van der Waals surface area contributed by atoms with E-state index >= 15 is 0 Å². The summed E-state index contributed by atoms with van der Waals surface area (Å²) < 4.78 is 77.3. The molecule has 112 valence electrons. The molecule has 0 aliphatic rings. The molecule has 0 spiro atoms. The summed E-state index contributed by atoms with van der Waals surface area (Å²) in [5, 5.41) is 1.49. The zero-order valence-corrected chi connectivity index (χ0v) is 10.7. The number of benzene rings is 1. The highest BCUT2D eigenvalue weighted by molar-refractivity contribution is 6.29. The average molecular weight is 327 g/mol. The third-order valence-corrected chi connectivity index (χ3v) is 2.57. The first-order chi connectivity index (χ1) is 9.66. The van der Waals surface area contributed by atoms with Crippen molar-refractivity contribution in [2.45, 2.75) is 6.18 Å². The SMILES string of the molecule is Fc1cc(F)c(Nc2cc(C(F)(F)F)cc(Cl)n2)c(F)c1. The summed E-state index contributed by atoms with van der Waals surface area (Å²) in [5.74, 6) is -4.32. The molecule has 2 aromatic rings. The lowest BCUT2D eigenvalue weighted by Crippen LogP contribution is -2.07. The number of hydrogen-bond acceptors (Lipinski definition) is 2. The molecule has 2 rings (SSSR count). The third-order valence-electron chi connectivity index (χ3n) is 2.38. The molecule has 0 unspecified atom stereocenters. The number of rotatable bonds is 2. The first kappa shape index (κ1) is 15.4. The Balaban J connectivity index is 2.43. The predicted octanol–water partition coefficient (Wildman–Crippen LogP) is 4.91. The maximum absolute atomic E-state index is 13.4. The third kappa shape index (κ3) is 3.57. The maximum atomic E-state index is 13.4. The van der Waals surface area contributed by atoms with E-state index in [9.17, 15) is 26.3 Å². The number of nitrogens with one attached hydrogen (secondary N) is 1. The highest BCUT2D eigenvalue weighted by Gasteiger charge is 2.31. The van der Waals surface area contributed by atoms with E-state index in [1.165, 1.54) is 0 Å². The molecule has 1 heterocycles. The second-order valence-corrected chi connectivity index (χ2v) is 4.32. The van der Waals surface area contributed by atoms with Crippen LogP contribution < -0.4 is 5.32 Å². The van der Waals surface area contributed by atoms with Gasteiger partial charge in [-0.05, 0) is 12.1 Å². The fourth-order valence-electron chi connectivity index (χ4n) is 1.51. The van der Waals surface area contributed by atoms with E-state index in [0.29, 0.717) is 24.3 Å². The van der Waals surface area contributed by atoms with Crippen LogP contribution >= 0.6 is 11.6 Å². The van der Waals surface area contributed by atoms with Crippen molar-refractivity contribution in [3.63, 3.8) is 0 Å². The molecule has 0 fully saturated rings. The monoisotopic (exact) mass is 326 g/mol. The van der Waals surface area contributed by atoms with Crippen LogP contribution in [-0.2, 0) is 6.18 Å². The van der Waals surface area contributed by atoms with Crippen LogP contribution in [0.1, 0.15) is 5.56 Å². The van der Waals surface area contributed by atoms with Crippen molar-refractivity contribution in [3.8, 4) is 0 Å². The Kier molecular flexibility index (Phi) is 3.99. The van der Waals surface area contributed by atoms with Crippen molar-refractivity contribution in [3.05, 3.63) is 52.4 Å². The van der Waals surface area contributed by atoms with Crippen molar-refractivity contribution in [2.75, 3.05) is 5.32 Å². The highest BCUT2D eigenvalue weighted by Crippen LogP contribution is 2.33. The van der Waals surface area contributed by atoms with Crippen molar-refractivity contribution >= 4 is 23.1 Å². The van der Waals surface area contributed by atoms with Gasteiger partial charge in [-0.25, -0.2) is 18.2 Å². The van der Waals surface area contributed by atoms with Gasteiger partial charge in [-0.1, -0.05) is 11.6 Å². The number of aromatic nitrogens is 1. The number of alkyl halides is 3. The largest absolute Gasteiger partial charge is 0.416 e. The summed E-state index contributed by atoms with van der Waals surface area (Å²) in [5.41, 5.74) is -1.98. The van der Waals surface area contributed by atoms with E-state index in [1.54, 1.807) is 0 Å². The molecule has 21 heavy (non-hydrogen) atoms. The molecular weight excluding hydrogens is 322 g/mol. The lowest BCUT2D eigenvalue weighted by atomic mass is 10.2. The molecule has 0 saturated carbocycles. The molecule has 0 saturated heterocycles. The van der Waals surface area contributed by atoms with Crippen LogP contribution in [0.25, 0.3) is 0 Å². The van der Waals surface area contributed by atoms with E-state index in [1.807, 2.05) is 5.32 Å². The quantitative estimate of drug-likeness (QED) is 0.626. The lowest BCUT2D eigenvalue weighted by molar-refractivity contribution is -0.137. The highest BCUT2D eigenvalue weighted by atomic mass is 35.5. The second-order valence-electron chi connectivity index (χ2n) is 3.93. The topological polar surface area (TPSA) is 24.9 Å². The molecule has 0 radical (unpaired) electrons. The molecule has 1 aromatic heterocycles. The Labute approximate surface area is 119 Å². The average Bonchev–Trinajstić information content (AvgIpc) is 2.32. The molecule has 0 aliphatic carbocycles. The Hall–Kier alpha value is -1.96. The van der Waals surface area contributed by atoms with E-state index < -0.39 is 45.8 Å². The van der Waals surface area contributed by atoms with Gasteiger partial charge in [0.25, 0.3) is 0 Å². The zero-order chi connectivity index (χ0) is 15.8. The number of nitrogens with zero attached hydrogens (tertiary/aromatic N) is 1. The van der Waals surface area contributed by atoms with Crippen molar-refractivity contribution in [2.24, 2.45) is 0 Å². The van der Waals surface area contributed by atoms with Crippen LogP contribution in [0.15, 0.2) is 24.3 Å². The van der Waals surface area contributed by atoms with Crippen LogP contribution in [0.3, 0.4) is 0 Å². The van der Waals surface area contributed by atoms with Crippen LogP contribution in [0, 0.1) is 17.5 Å². The minimum Gasteiger partial charge on any atom is -0.335 e. The Morgan fingerprint density at radius 1 is 0.952 bits per heavy atom. The van der Waals surface area contributed by atoms with E-state index in [0.717, 1.165) is 0 Å². The first-order valence-electron chi connectivity index (χ1n) is 5.33. The standard InChI is InChI=1S/C12H5ClF6N2/c13-9-1-5(12(17,18)19)2-10(20-9)21-11-7(15)3-6(14)4-8(11)16/h1-4H,(H,20,21). The minimum absolute atomic E-state index is 0.376. The molecule has 0 aliphatic heterocycles. The van der Waals surface area contributed by atoms with Crippen LogP contribution in [0.5, 0.6) is 0 Å². The summed E-state index contributed by atoms with van der Waals surface area (Å²) in [4.78, 5) is 3.47. The van der Waals surface area contributed by atoms with Gasteiger partial charge in [0.1, 0.15) is 22.5 Å². The van der Waals surface area contributed by atoms with Gasteiger partial charge in [0, 0.05) is 12.1 Å². The molecule has 1 N–H and O–H groups in total. The molecule has 9 heteroatoms. The summed E-state index contributed by atoms with van der Waals surface area (Å²) in [6.07, 6.45) is -4.71. The fraction of sp³-hybridized carbons (Fsp3) is 0.0833. The molecule has 0 amide bonds. The van der Waals surface area contributed by atoms with Gasteiger partial charge in [0.05, 0.1) is 5.56 Å². The van der Waals surface area contributed by atoms with Gasteiger partial charge in [-0.3, -0.25) is 0 Å². The normalized spacial score (nSPS) is 11.6. The van der Waals surface area contributed by atoms with Gasteiger partial charge < -0.3 is 5.32 Å². The minimum atomic E-state index is -4.71. The van der Waals surface area contributed by atoms with Gasteiger partial charge in [0.15, 0.2) is 11.6 Å². The Morgan fingerprint density at radius 2 is 1.52 bits per heavy atom. The summed E-state index contributed by atoms with van der Waals surface area (Å²) >= 11 is 5.43. The van der Waals surface area contributed by atoms with Gasteiger partial charge in [-0.2, -0.15) is 13.2 Å². The Bertz CT molecular complexity index is 663. The summed E-state index contributed by atoms with van der Waals surface area (Å²) in [7, 11) is 0. The van der Waals surface area contributed by atoms with Crippen molar-refractivity contribution in [1.82, 2.24) is 4.98 Å². The van der Waals surface area contributed by atoms with E-state index in [-0.39, 0.29) is 0 Å². The van der Waals surface area contributed by atoms with Gasteiger partial charge in [0.2, 0.25) is 0 Å². The first-order valence-corrected chi connectivity index (χ1v) is 5.71. The van der Waals surface area contributed by atoms with Crippen molar-refractivity contribution in [1.29, 1.82) is 0 Å². The molecule has 0 bridgehead atoms. The second kappa shape index (κ2) is 5.44. The predicted molar refractivity (Wildman–Crippen MR) is 63.8 cm³/mol. The van der Waals surface area contributed by atoms with E-state index in [4.69, 9.17) is 11.6 Å². The smallest absolute Gasteiger partial charge is 0.335 e. The molecular formula is C12H5ClF6N2. The number of anilines is 2. The maximum Gasteiger partial charge on any atom is 0.416 e. The van der Waals surface area contributed by atoms with Crippen LogP contribution in [0.4, 0.5) is 37.8 Å². The van der Waals surface area contributed by atoms with Gasteiger partial charge in [-0.15, -0.1) is 0 Å². The van der Waals surface area contributed by atoms with Crippen molar-refractivity contribution < 1.29 is 26.3 Å². The summed E-state index contributed by atoms with van der Waals surface area (Å²) in [6, 6.07) is 1.83. The number of halogens is 7. The van der Waals surface area contributed by atoms with Crippen LogP contribution in [0.2, 0.25) is 5.15 Å². The molecule has 1 aromatic carbocycles. The molecule has 0 atom stereocenters. The zero-order valence-electron chi connectivity index (χ0n) is 9.90. The van der Waals surface area contributed by atoms with Crippen LogP contribution in [-0.4, -0.2) is 4.98 Å². The number of hydrogen-bond donors (Lipinski definition) is 1. The molecule has 2 nitrogen and oxygen atoms in total. The van der Waals surface area contributed by atoms with E-state index in [2.05, 4.69) is 4.98 Å². The lowest BCUT2D eigenvalue weighted by Gasteiger charge is -2.12. The number of pyridine rings is 1.